The van der Waals surface area contributed by atoms with Crippen LogP contribution in [-0.4, -0.2) is 33.5 Å². The molecule has 26 heavy (non-hydrogen) atoms. The number of aromatic amines is 1. The van der Waals surface area contributed by atoms with E-state index >= 15 is 0 Å². The van der Waals surface area contributed by atoms with Crippen LogP contribution in [0.15, 0.2) is 53.8 Å². The van der Waals surface area contributed by atoms with Crippen molar-refractivity contribution in [1.82, 2.24) is 14.9 Å². The van der Waals surface area contributed by atoms with Gasteiger partial charge in [0.25, 0.3) is 0 Å². The number of fused-ring (bicyclic) bond motifs is 1. The number of aromatic nitrogens is 2. The van der Waals surface area contributed by atoms with Gasteiger partial charge in [0.1, 0.15) is 0 Å². The highest BCUT2D eigenvalue weighted by molar-refractivity contribution is 7.98. The number of benzene rings is 1. The molecule has 138 valence electrons. The van der Waals surface area contributed by atoms with Crippen molar-refractivity contribution >= 4 is 22.7 Å². The smallest absolute Gasteiger partial charge is 0.0468 e. The second kappa shape index (κ2) is 8.74. The molecule has 0 spiro atoms. The molecule has 3 aromatic rings. The highest BCUT2D eigenvalue weighted by Gasteiger charge is 2.15. The van der Waals surface area contributed by atoms with Crippen molar-refractivity contribution in [3.63, 3.8) is 0 Å². The molecule has 2 aromatic heterocycles. The van der Waals surface area contributed by atoms with Crippen LogP contribution >= 0.6 is 11.8 Å². The molecule has 0 aliphatic carbocycles. The number of rotatable bonds is 8. The van der Waals surface area contributed by atoms with Crippen LogP contribution in [0.5, 0.6) is 0 Å². The summed E-state index contributed by atoms with van der Waals surface area (Å²) in [5, 5.41) is 1.39. The topological polar surface area (TPSA) is 31.9 Å². The van der Waals surface area contributed by atoms with E-state index < -0.39 is 0 Å². The molecule has 0 saturated heterocycles. The lowest BCUT2D eigenvalue weighted by molar-refractivity contribution is 0.177. The number of pyridine rings is 1. The molecule has 0 bridgehead atoms. The summed E-state index contributed by atoms with van der Waals surface area (Å²) in [5.41, 5.74) is 3.97. The number of nitrogens with zero attached hydrogens (tertiary/aromatic N) is 2. The predicted molar refractivity (Wildman–Crippen MR) is 113 cm³/mol. The first-order chi connectivity index (χ1) is 12.6. The van der Waals surface area contributed by atoms with Crippen LogP contribution in [0.4, 0.5) is 0 Å². The van der Waals surface area contributed by atoms with Gasteiger partial charge in [-0.1, -0.05) is 6.07 Å². The standard InChI is InChI=1S/C22H29N3S/c1-16(2)25(17(3)4)13-10-19-14-24-20-6-5-7-21(22(19)20)26-15-18-8-11-23-12-9-18/h5-9,11-12,14,16-17,24H,10,13,15H2,1-4H3. The van der Waals surface area contributed by atoms with Gasteiger partial charge in [-0.05, 0) is 69.5 Å². The lowest BCUT2D eigenvalue weighted by atomic mass is 10.1. The third kappa shape index (κ3) is 4.49. The third-order valence-corrected chi connectivity index (χ3v) is 5.99. The summed E-state index contributed by atoms with van der Waals surface area (Å²) in [5.74, 6) is 0.969. The normalized spacial score (nSPS) is 12.0. The summed E-state index contributed by atoms with van der Waals surface area (Å²) in [6.45, 7) is 10.2. The van der Waals surface area contributed by atoms with E-state index in [4.69, 9.17) is 0 Å². The van der Waals surface area contributed by atoms with Crippen LogP contribution in [0.1, 0.15) is 38.8 Å². The highest BCUT2D eigenvalue weighted by atomic mass is 32.2. The zero-order valence-corrected chi connectivity index (χ0v) is 17.0. The minimum atomic E-state index is 0.570. The molecular formula is C22H29N3S. The number of H-pyrrole nitrogens is 1. The molecule has 0 radical (unpaired) electrons. The van der Waals surface area contributed by atoms with Gasteiger partial charge in [0.15, 0.2) is 0 Å². The monoisotopic (exact) mass is 367 g/mol. The summed E-state index contributed by atoms with van der Waals surface area (Å²) in [7, 11) is 0. The van der Waals surface area contributed by atoms with E-state index in [0.717, 1.165) is 18.7 Å². The highest BCUT2D eigenvalue weighted by Crippen LogP contribution is 2.32. The van der Waals surface area contributed by atoms with Gasteiger partial charge in [-0.25, -0.2) is 0 Å². The van der Waals surface area contributed by atoms with E-state index in [1.165, 1.54) is 26.9 Å². The van der Waals surface area contributed by atoms with Gasteiger partial charge in [-0.3, -0.25) is 9.88 Å². The molecular weight excluding hydrogens is 338 g/mol. The Morgan fingerprint density at radius 3 is 2.46 bits per heavy atom. The first-order valence-corrected chi connectivity index (χ1v) is 10.4. The average Bonchev–Trinajstić information content (AvgIpc) is 3.04. The Morgan fingerprint density at radius 2 is 1.77 bits per heavy atom. The molecule has 0 aliphatic rings. The quantitative estimate of drug-likeness (QED) is 0.532. The maximum absolute atomic E-state index is 4.11. The van der Waals surface area contributed by atoms with Crippen molar-refractivity contribution in [3.8, 4) is 0 Å². The van der Waals surface area contributed by atoms with E-state index in [2.05, 4.69) is 79.1 Å². The molecule has 2 heterocycles. The fraction of sp³-hybridized carbons (Fsp3) is 0.409. The lowest BCUT2D eigenvalue weighted by Crippen LogP contribution is -2.38. The molecule has 0 atom stereocenters. The fourth-order valence-electron chi connectivity index (χ4n) is 3.54. The molecule has 4 heteroatoms. The molecule has 1 N–H and O–H groups in total. The largest absolute Gasteiger partial charge is 0.361 e. The van der Waals surface area contributed by atoms with Gasteiger partial charge >= 0.3 is 0 Å². The van der Waals surface area contributed by atoms with Crippen LogP contribution in [-0.2, 0) is 12.2 Å². The zero-order valence-electron chi connectivity index (χ0n) is 16.2. The lowest BCUT2D eigenvalue weighted by Gasteiger charge is -2.30. The van der Waals surface area contributed by atoms with Gasteiger partial charge in [0, 0.05) is 58.8 Å². The zero-order chi connectivity index (χ0) is 18.5. The van der Waals surface area contributed by atoms with Crippen molar-refractivity contribution in [2.75, 3.05) is 6.54 Å². The van der Waals surface area contributed by atoms with Crippen molar-refractivity contribution in [3.05, 3.63) is 60.0 Å². The Labute approximate surface area is 161 Å². The first kappa shape index (κ1) is 19.0. The van der Waals surface area contributed by atoms with Gasteiger partial charge in [-0.2, -0.15) is 0 Å². The molecule has 1 aromatic carbocycles. The van der Waals surface area contributed by atoms with Crippen LogP contribution in [0, 0.1) is 0 Å². The van der Waals surface area contributed by atoms with Gasteiger partial charge in [0.2, 0.25) is 0 Å². The minimum absolute atomic E-state index is 0.570. The summed E-state index contributed by atoms with van der Waals surface area (Å²) < 4.78 is 0. The van der Waals surface area contributed by atoms with Gasteiger partial charge < -0.3 is 4.98 Å². The second-order valence-corrected chi connectivity index (χ2v) is 8.33. The van der Waals surface area contributed by atoms with E-state index in [1.54, 1.807) is 0 Å². The number of hydrogen-bond acceptors (Lipinski definition) is 3. The average molecular weight is 368 g/mol. The third-order valence-electron chi connectivity index (χ3n) is 4.86. The summed E-state index contributed by atoms with van der Waals surface area (Å²) in [6, 6.07) is 11.9. The van der Waals surface area contributed by atoms with E-state index in [-0.39, 0.29) is 0 Å². The molecule has 0 saturated carbocycles. The maximum atomic E-state index is 4.11. The second-order valence-electron chi connectivity index (χ2n) is 7.31. The van der Waals surface area contributed by atoms with E-state index in [0.29, 0.717) is 12.1 Å². The minimum Gasteiger partial charge on any atom is -0.361 e. The molecule has 0 aliphatic heterocycles. The first-order valence-electron chi connectivity index (χ1n) is 9.42. The van der Waals surface area contributed by atoms with Crippen LogP contribution < -0.4 is 0 Å². The van der Waals surface area contributed by atoms with Crippen LogP contribution in [0.25, 0.3) is 10.9 Å². The van der Waals surface area contributed by atoms with Crippen LogP contribution in [0.3, 0.4) is 0 Å². The number of thioether (sulfide) groups is 1. The Bertz CT molecular complexity index is 816. The summed E-state index contributed by atoms with van der Waals surface area (Å²) in [6.07, 6.45) is 7.00. The van der Waals surface area contributed by atoms with Crippen molar-refractivity contribution in [2.45, 2.75) is 56.8 Å². The van der Waals surface area contributed by atoms with Gasteiger partial charge in [-0.15, -0.1) is 11.8 Å². The number of hydrogen-bond donors (Lipinski definition) is 1. The molecule has 3 nitrogen and oxygen atoms in total. The van der Waals surface area contributed by atoms with Crippen LogP contribution in [0.2, 0.25) is 0 Å². The van der Waals surface area contributed by atoms with Gasteiger partial charge in [0.05, 0.1) is 0 Å². The predicted octanol–water partition coefficient (Wildman–Crippen LogP) is 5.52. The molecule has 0 fully saturated rings. The Kier molecular flexibility index (Phi) is 6.38. The Balaban J connectivity index is 1.79. The number of nitrogens with one attached hydrogen (secondary N) is 1. The fourth-order valence-corrected chi connectivity index (χ4v) is 4.61. The summed E-state index contributed by atoms with van der Waals surface area (Å²) >= 11 is 1.91. The van der Waals surface area contributed by atoms with Crippen molar-refractivity contribution < 1.29 is 0 Å². The summed E-state index contributed by atoms with van der Waals surface area (Å²) in [4.78, 5) is 11.5. The maximum Gasteiger partial charge on any atom is 0.0468 e. The molecule has 0 amide bonds. The van der Waals surface area contributed by atoms with E-state index in [9.17, 15) is 0 Å². The Hall–Kier alpha value is -1.78. The van der Waals surface area contributed by atoms with E-state index in [1.807, 2.05) is 24.2 Å². The van der Waals surface area contributed by atoms with Crippen molar-refractivity contribution in [1.29, 1.82) is 0 Å². The Morgan fingerprint density at radius 1 is 1.04 bits per heavy atom. The molecule has 3 rings (SSSR count). The van der Waals surface area contributed by atoms with Crippen molar-refractivity contribution in [2.24, 2.45) is 0 Å². The SMILES string of the molecule is CC(C)N(CCc1c[nH]c2cccc(SCc3ccncc3)c12)C(C)C. The molecule has 0 unspecified atom stereocenters.